The highest BCUT2D eigenvalue weighted by Crippen LogP contribution is 2.23. The third-order valence-electron chi connectivity index (χ3n) is 5.46. The van der Waals surface area contributed by atoms with Crippen molar-refractivity contribution in [3.8, 4) is 0 Å². The van der Waals surface area contributed by atoms with E-state index in [1.54, 1.807) is 34.9 Å². The number of amides is 1. The fourth-order valence-corrected chi connectivity index (χ4v) is 4.91. The molecule has 1 amide bonds. The van der Waals surface area contributed by atoms with Crippen molar-refractivity contribution in [2.24, 2.45) is 0 Å². The van der Waals surface area contributed by atoms with E-state index < -0.39 is 10.0 Å². The van der Waals surface area contributed by atoms with Gasteiger partial charge in [0.15, 0.2) is 0 Å². The zero-order valence-electron chi connectivity index (χ0n) is 19.2. The topological polar surface area (TPSA) is 75.5 Å². The maximum Gasteiger partial charge on any atom is 0.242 e. The fourth-order valence-electron chi connectivity index (χ4n) is 3.58. The number of fused-ring (bicyclic) bond motifs is 1. The van der Waals surface area contributed by atoms with E-state index in [1.807, 2.05) is 36.9 Å². The number of benzene rings is 2. The van der Waals surface area contributed by atoms with Crippen LogP contribution in [0.15, 0.2) is 52.3 Å². The number of aromatic nitrogens is 2. The number of hydrogen-bond donors (Lipinski definition) is 0. The number of imidazole rings is 1. The van der Waals surface area contributed by atoms with Crippen molar-refractivity contribution in [1.29, 1.82) is 0 Å². The maximum atomic E-state index is 12.7. The molecule has 3 aromatic rings. The number of rotatable bonds is 9. The minimum absolute atomic E-state index is 0.0459. The third-order valence-corrected chi connectivity index (χ3v) is 8.02. The first-order valence-corrected chi connectivity index (χ1v) is 13.1. The second kappa shape index (κ2) is 10.1. The van der Waals surface area contributed by atoms with E-state index in [0.29, 0.717) is 31.4 Å². The molecule has 0 radical (unpaired) electrons. The average Bonchev–Trinajstić information content (AvgIpc) is 3.14. The molecule has 32 heavy (non-hydrogen) atoms. The Kier molecular flexibility index (Phi) is 7.63. The van der Waals surface area contributed by atoms with Gasteiger partial charge in [0, 0.05) is 52.0 Å². The normalized spacial score (nSPS) is 11.9. The summed E-state index contributed by atoms with van der Waals surface area (Å²) in [4.78, 5) is 20.5. The zero-order chi connectivity index (χ0) is 23.5. The minimum Gasteiger partial charge on any atom is -0.341 e. The van der Waals surface area contributed by atoms with E-state index in [9.17, 15) is 13.2 Å². The molecule has 0 aliphatic carbocycles. The van der Waals surface area contributed by atoms with E-state index in [-0.39, 0.29) is 10.8 Å². The molecule has 7 nitrogen and oxygen atoms in total. The van der Waals surface area contributed by atoms with E-state index >= 15 is 0 Å². The van der Waals surface area contributed by atoms with Crippen LogP contribution in [0.25, 0.3) is 11.0 Å². The van der Waals surface area contributed by atoms with Crippen LogP contribution in [0.1, 0.15) is 24.7 Å². The standard InChI is InChI=1S/C23H30N4O3S2/c1-6-27-21-12-11-19(32(29,30)25(2)3)15-20(21)24-22(27)13-14-23(28)26(4)16-17-7-9-18(31-5)10-8-17/h7-12,15H,6,13-14,16H2,1-5H3. The molecule has 172 valence electrons. The van der Waals surface area contributed by atoms with Crippen molar-refractivity contribution < 1.29 is 13.2 Å². The second-order valence-corrected chi connectivity index (χ2v) is 10.8. The van der Waals surface area contributed by atoms with Gasteiger partial charge in [-0.05, 0) is 49.1 Å². The maximum absolute atomic E-state index is 12.7. The molecule has 0 saturated heterocycles. The van der Waals surface area contributed by atoms with Crippen molar-refractivity contribution >= 4 is 38.7 Å². The van der Waals surface area contributed by atoms with E-state index in [0.717, 1.165) is 16.9 Å². The van der Waals surface area contributed by atoms with Gasteiger partial charge < -0.3 is 9.47 Å². The number of thioether (sulfide) groups is 1. The van der Waals surface area contributed by atoms with Gasteiger partial charge in [-0.1, -0.05) is 12.1 Å². The number of carbonyl (C=O) groups is 1. The Labute approximate surface area is 194 Å². The number of carbonyl (C=O) groups excluding carboxylic acids is 1. The zero-order valence-corrected chi connectivity index (χ0v) is 20.8. The summed E-state index contributed by atoms with van der Waals surface area (Å²) in [5.41, 5.74) is 2.59. The molecule has 0 bridgehead atoms. The van der Waals surface area contributed by atoms with Gasteiger partial charge in [-0.25, -0.2) is 17.7 Å². The summed E-state index contributed by atoms with van der Waals surface area (Å²) < 4.78 is 28.1. The first kappa shape index (κ1) is 24.3. The summed E-state index contributed by atoms with van der Waals surface area (Å²) >= 11 is 1.69. The van der Waals surface area contributed by atoms with Crippen molar-refractivity contribution in [3.05, 3.63) is 53.9 Å². The lowest BCUT2D eigenvalue weighted by Crippen LogP contribution is -2.26. The Morgan fingerprint density at radius 2 is 1.78 bits per heavy atom. The molecular weight excluding hydrogens is 444 g/mol. The van der Waals surface area contributed by atoms with Crippen LogP contribution in [0.4, 0.5) is 0 Å². The summed E-state index contributed by atoms with van der Waals surface area (Å²) in [6.45, 7) is 3.27. The van der Waals surface area contributed by atoms with Gasteiger partial charge in [0.05, 0.1) is 15.9 Å². The highest BCUT2D eigenvalue weighted by molar-refractivity contribution is 7.98. The SMILES string of the molecule is CCn1c(CCC(=O)N(C)Cc2ccc(SC)cc2)nc2cc(S(=O)(=O)N(C)C)ccc21. The highest BCUT2D eigenvalue weighted by Gasteiger charge is 2.20. The summed E-state index contributed by atoms with van der Waals surface area (Å²) in [6, 6.07) is 13.2. The number of aryl methyl sites for hydroxylation is 2. The molecule has 1 aromatic heterocycles. The summed E-state index contributed by atoms with van der Waals surface area (Å²) in [5, 5.41) is 0. The van der Waals surface area contributed by atoms with Crippen molar-refractivity contribution in [2.75, 3.05) is 27.4 Å². The number of hydrogen-bond acceptors (Lipinski definition) is 5. The van der Waals surface area contributed by atoms with Crippen molar-refractivity contribution in [2.45, 2.75) is 42.6 Å². The lowest BCUT2D eigenvalue weighted by molar-refractivity contribution is -0.130. The molecule has 2 aromatic carbocycles. The molecule has 0 fully saturated rings. The lowest BCUT2D eigenvalue weighted by atomic mass is 10.2. The van der Waals surface area contributed by atoms with Gasteiger partial charge in [-0.15, -0.1) is 11.8 Å². The van der Waals surface area contributed by atoms with Crippen LogP contribution in [0.2, 0.25) is 0 Å². The quantitative estimate of drug-likeness (QED) is 0.443. The van der Waals surface area contributed by atoms with Crippen LogP contribution in [-0.2, 0) is 34.3 Å². The number of nitrogens with zero attached hydrogens (tertiary/aromatic N) is 4. The van der Waals surface area contributed by atoms with Gasteiger partial charge in [0.1, 0.15) is 5.82 Å². The summed E-state index contributed by atoms with van der Waals surface area (Å²) in [5.74, 6) is 0.831. The molecule has 0 saturated carbocycles. The minimum atomic E-state index is -3.53. The highest BCUT2D eigenvalue weighted by atomic mass is 32.2. The molecule has 0 spiro atoms. The van der Waals surface area contributed by atoms with Gasteiger partial charge >= 0.3 is 0 Å². The third kappa shape index (κ3) is 5.16. The van der Waals surface area contributed by atoms with Crippen LogP contribution in [0.3, 0.4) is 0 Å². The first-order chi connectivity index (χ1) is 15.2. The molecule has 0 aliphatic rings. The van der Waals surface area contributed by atoms with E-state index in [1.165, 1.54) is 23.3 Å². The van der Waals surface area contributed by atoms with Crippen LogP contribution in [-0.4, -0.2) is 60.5 Å². The Bertz CT molecular complexity index is 1200. The van der Waals surface area contributed by atoms with Gasteiger partial charge in [-0.2, -0.15) is 0 Å². The first-order valence-electron chi connectivity index (χ1n) is 10.5. The predicted octanol–water partition coefficient (Wildman–Crippen LogP) is 3.62. The van der Waals surface area contributed by atoms with Crippen LogP contribution in [0, 0.1) is 0 Å². The molecule has 0 N–H and O–H groups in total. The van der Waals surface area contributed by atoms with Crippen LogP contribution < -0.4 is 0 Å². The van der Waals surface area contributed by atoms with Crippen molar-refractivity contribution in [1.82, 2.24) is 18.8 Å². The molecule has 1 heterocycles. The van der Waals surface area contributed by atoms with Gasteiger partial charge in [0.2, 0.25) is 15.9 Å². The Balaban J connectivity index is 1.73. The average molecular weight is 475 g/mol. The predicted molar refractivity (Wildman–Crippen MR) is 129 cm³/mol. The molecule has 0 atom stereocenters. The fraction of sp³-hybridized carbons (Fsp3) is 0.391. The number of sulfonamides is 1. The van der Waals surface area contributed by atoms with E-state index in [2.05, 4.69) is 17.1 Å². The summed E-state index contributed by atoms with van der Waals surface area (Å²) in [7, 11) is 1.30. The molecule has 0 unspecified atom stereocenters. The monoisotopic (exact) mass is 474 g/mol. The molecule has 3 rings (SSSR count). The lowest BCUT2D eigenvalue weighted by Gasteiger charge is -2.17. The smallest absolute Gasteiger partial charge is 0.242 e. The van der Waals surface area contributed by atoms with Gasteiger partial charge in [-0.3, -0.25) is 4.79 Å². The Morgan fingerprint density at radius 1 is 1.09 bits per heavy atom. The molecular formula is C23H30N4O3S2. The molecule has 9 heteroatoms. The Morgan fingerprint density at radius 3 is 2.38 bits per heavy atom. The second-order valence-electron chi connectivity index (χ2n) is 7.81. The van der Waals surface area contributed by atoms with Crippen LogP contribution in [0.5, 0.6) is 0 Å². The van der Waals surface area contributed by atoms with E-state index in [4.69, 9.17) is 0 Å². The molecule has 0 aliphatic heterocycles. The largest absolute Gasteiger partial charge is 0.341 e. The van der Waals surface area contributed by atoms with Crippen molar-refractivity contribution in [3.63, 3.8) is 0 Å². The van der Waals surface area contributed by atoms with Gasteiger partial charge in [0.25, 0.3) is 0 Å². The summed E-state index contributed by atoms with van der Waals surface area (Å²) in [6.07, 6.45) is 2.87. The Hall–Kier alpha value is -2.36. The van der Waals surface area contributed by atoms with Crippen LogP contribution >= 0.6 is 11.8 Å².